The van der Waals surface area contributed by atoms with Gasteiger partial charge in [0.25, 0.3) is 0 Å². The minimum Gasteiger partial charge on any atom is -0.383 e. The lowest BCUT2D eigenvalue weighted by Gasteiger charge is -2.10. The number of nitrogens with two attached hydrogens (primary N) is 1. The molecule has 0 aromatic carbocycles. The number of ketones is 1. The van der Waals surface area contributed by atoms with Crippen molar-refractivity contribution in [3.05, 3.63) is 16.9 Å². The number of carbonyl (C=O) groups excluding carboxylic acids is 1. The van der Waals surface area contributed by atoms with Gasteiger partial charge in [-0.25, -0.2) is 0 Å². The summed E-state index contributed by atoms with van der Waals surface area (Å²) in [5.74, 6) is -0.0713. The summed E-state index contributed by atoms with van der Waals surface area (Å²) >= 11 is 5.96. The summed E-state index contributed by atoms with van der Waals surface area (Å²) in [6.07, 6.45) is 2.52. The van der Waals surface area contributed by atoms with Gasteiger partial charge in [0.05, 0.1) is 24.4 Å². The molecule has 0 spiro atoms. The average molecular weight is 260 g/mol. The Morgan fingerprint density at radius 2 is 2.41 bits per heavy atom. The quantitative estimate of drug-likeness (QED) is 0.754. The van der Waals surface area contributed by atoms with Crippen molar-refractivity contribution in [1.29, 1.82) is 0 Å². The van der Waals surface area contributed by atoms with Gasteiger partial charge in [0.2, 0.25) is 0 Å². The molecule has 0 radical (unpaired) electrons. The second kappa shape index (κ2) is 6.74. The van der Waals surface area contributed by atoms with Crippen LogP contribution in [-0.2, 0) is 11.3 Å². The van der Waals surface area contributed by atoms with Crippen molar-refractivity contribution in [3.8, 4) is 0 Å². The van der Waals surface area contributed by atoms with Gasteiger partial charge in [0, 0.05) is 19.6 Å². The zero-order valence-corrected chi connectivity index (χ0v) is 10.9. The van der Waals surface area contributed by atoms with Crippen molar-refractivity contribution < 1.29 is 9.53 Å². The molecule has 17 heavy (non-hydrogen) atoms. The van der Waals surface area contributed by atoms with Crippen molar-refractivity contribution in [3.63, 3.8) is 0 Å². The highest BCUT2D eigenvalue weighted by atomic mass is 35.5. The van der Waals surface area contributed by atoms with Crippen molar-refractivity contribution >= 4 is 17.4 Å². The fourth-order valence-corrected chi connectivity index (χ4v) is 1.71. The average Bonchev–Trinajstić information content (AvgIpc) is 2.67. The fraction of sp³-hybridized carbons (Fsp3) is 0.636. The first-order chi connectivity index (χ1) is 8.10. The van der Waals surface area contributed by atoms with Crippen LogP contribution in [0.4, 0.5) is 0 Å². The van der Waals surface area contributed by atoms with Crippen LogP contribution in [0.25, 0.3) is 0 Å². The molecule has 0 fully saturated rings. The third kappa shape index (κ3) is 3.80. The summed E-state index contributed by atoms with van der Waals surface area (Å²) in [5, 5.41) is 4.42. The summed E-state index contributed by atoms with van der Waals surface area (Å²) in [6, 6.07) is -0.135. The summed E-state index contributed by atoms with van der Waals surface area (Å²) in [6.45, 7) is 2.94. The van der Waals surface area contributed by atoms with E-state index in [2.05, 4.69) is 5.10 Å². The molecule has 0 amide bonds. The molecule has 1 unspecified atom stereocenters. The van der Waals surface area contributed by atoms with Gasteiger partial charge in [0.1, 0.15) is 5.69 Å². The SMILES string of the molecule is CCC(N)CC(=O)c1c(Cl)cnn1CCOC. The normalized spacial score (nSPS) is 12.7. The second-order valence-corrected chi connectivity index (χ2v) is 4.26. The molecule has 1 rings (SSSR count). The summed E-state index contributed by atoms with van der Waals surface area (Å²) in [7, 11) is 1.60. The maximum Gasteiger partial charge on any atom is 0.183 e. The molecule has 0 saturated heterocycles. The molecule has 0 aliphatic heterocycles. The van der Waals surface area contributed by atoms with Crippen molar-refractivity contribution in [2.45, 2.75) is 32.4 Å². The first-order valence-corrected chi connectivity index (χ1v) is 5.97. The summed E-state index contributed by atoms with van der Waals surface area (Å²) in [5.41, 5.74) is 6.19. The van der Waals surface area contributed by atoms with Crippen LogP contribution in [0, 0.1) is 0 Å². The maximum absolute atomic E-state index is 12.0. The van der Waals surface area contributed by atoms with E-state index in [1.807, 2.05) is 6.92 Å². The highest BCUT2D eigenvalue weighted by molar-refractivity contribution is 6.33. The molecular formula is C11H18ClN3O2. The lowest BCUT2D eigenvalue weighted by Crippen LogP contribution is -2.24. The number of carbonyl (C=O) groups is 1. The molecular weight excluding hydrogens is 242 g/mol. The van der Waals surface area contributed by atoms with Gasteiger partial charge in [-0.3, -0.25) is 9.48 Å². The molecule has 0 aliphatic carbocycles. The molecule has 1 atom stereocenters. The van der Waals surface area contributed by atoms with Gasteiger partial charge in [-0.15, -0.1) is 0 Å². The van der Waals surface area contributed by atoms with E-state index in [4.69, 9.17) is 22.1 Å². The number of rotatable bonds is 7. The van der Waals surface area contributed by atoms with E-state index in [-0.39, 0.29) is 18.2 Å². The predicted octanol–water partition coefficient (Wildman–Crippen LogP) is 1.49. The van der Waals surface area contributed by atoms with Gasteiger partial charge in [-0.2, -0.15) is 5.10 Å². The highest BCUT2D eigenvalue weighted by Crippen LogP contribution is 2.17. The summed E-state index contributed by atoms with van der Waals surface area (Å²) < 4.78 is 6.52. The predicted molar refractivity (Wildman–Crippen MR) is 66.3 cm³/mol. The van der Waals surface area contributed by atoms with E-state index in [1.165, 1.54) is 6.20 Å². The zero-order valence-electron chi connectivity index (χ0n) is 10.1. The van der Waals surface area contributed by atoms with Crippen LogP contribution in [0.3, 0.4) is 0 Å². The van der Waals surface area contributed by atoms with Crippen LogP contribution in [-0.4, -0.2) is 35.3 Å². The van der Waals surface area contributed by atoms with E-state index < -0.39 is 0 Å². The van der Waals surface area contributed by atoms with E-state index >= 15 is 0 Å². The number of Topliss-reactive ketones (excluding diaryl/α,β-unsaturated/α-hetero) is 1. The first-order valence-electron chi connectivity index (χ1n) is 5.59. The number of hydrogen-bond donors (Lipinski definition) is 1. The largest absolute Gasteiger partial charge is 0.383 e. The maximum atomic E-state index is 12.0. The van der Waals surface area contributed by atoms with Gasteiger partial charge in [-0.05, 0) is 6.42 Å². The molecule has 5 nitrogen and oxygen atoms in total. The minimum atomic E-state index is -0.135. The number of ether oxygens (including phenoxy) is 1. The van der Waals surface area contributed by atoms with Crippen molar-refractivity contribution in [2.75, 3.05) is 13.7 Å². The van der Waals surface area contributed by atoms with Crippen LogP contribution < -0.4 is 5.73 Å². The Morgan fingerprint density at radius 3 is 3.00 bits per heavy atom. The van der Waals surface area contributed by atoms with Crippen LogP contribution in [0.2, 0.25) is 5.02 Å². The van der Waals surface area contributed by atoms with Crippen LogP contribution in [0.5, 0.6) is 0 Å². The standard InChI is InChI=1S/C11H18ClN3O2/c1-3-8(13)6-10(16)11-9(12)7-14-15(11)4-5-17-2/h7-8H,3-6,13H2,1-2H3. The van der Waals surface area contributed by atoms with Crippen LogP contribution >= 0.6 is 11.6 Å². The van der Waals surface area contributed by atoms with Crippen molar-refractivity contribution in [1.82, 2.24) is 9.78 Å². The van der Waals surface area contributed by atoms with E-state index in [9.17, 15) is 4.79 Å². The third-order valence-corrected chi connectivity index (χ3v) is 2.81. The van der Waals surface area contributed by atoms with E-state index in [0.29, 0.717) is 23.9 Å². The van der Waals surface area contributed by atoms with Gasteiger partial charge >= 0.3 is 0 Å². The van der Waals surface area contributed by atoms with Gasteiger partial charge in [-0.1, -0.05) is 18.5 Å². The molecule has 6 heteroatoms. The Labute approximate surface area is 106 Å². The fourth-order valence-electron chi connectivity index (χ4n) is 1.47. The molecule has 1 aromatic rings. The third-order valence-electron chi connectivity index (χ3n) is 2.54. The molecule has 1 heterocycles. The monoisotopic (exact) mass is 259 g/mol. The van der Waals surface area contributed by atoms with Crippen LogP contribution in [0.15, 0.2) is 6.20 Å². The van der Waals surface area contributed by atoms with E-state index in [0.717, 1.165) is 6.42 Å². The van der Waals surface area contributed by atoms with Crippen LogP contribution in [0.1, 0.15) is 30.3 Å². The first kappa shape index (κ1) is 14.2. The number of halogens is 1. The molecule has 0 bridgehead atoms. The van der Waals surface area contributed by atoms with Gasteiger partial charge < -0.3 is 10.5 Å². The molecule has 1 aromatic heterocycles. The number of methoxy groups -OCH3 is 1. The van der Waals surface area contributed by atoms with Gasteiger partial charge in [0.15, 0.2) is 5.78 Å². The molecule has 2 N–H and O–H groups in total. The number of aromatic nitrogens is 2. The Kier molecular flexibility index (Phi) is 5.61. The lowest BCUT2D eigenvalue weighted by atomic mass is 10.1. The number of nitrogens with zero attached hydrogens (tertiary/aromatic N) is 2. The zero-order chi connectivity index (χ0) is 12.8. The van der Waals surface area contributed by atoms with E-state index in [1.54, 1.807) is 11.8 Å². The topological polar surface area (TPSA) is 70.1 Å². The molecule has 96 valence electrons. The Hall–Kier alpha value is -0.910. The van der Waals surface area contributed by atoms with Crippen molar-refractivity contribution in [2.24, 2.45) is 5.73 Å². The smallest absolute Gasteiger partial charge is 0.183 e. The Bertz CT molecular complexity index is 379. The molecule has 0 saturated carbocycles. The minimum absolute atomic E-state index is 0.0713. The molecule has 0 aliphatic rings. The Balaban J connectivity index is 2.80. The Morgan fingerprint density at radius 1 is 1.71 bits per heavy atom. The lowest BCUT2D eigenvalue weighted by molar-refractivity contribution is 0.0960. The number of hydrogen-bond acceptors (Lipinski definition) is 4. The highest BCUT2D eigenvalue weighted by Gasteiger charge is 2.19. The summed E-state index contributed by atoms with van der Waals surface area (Å²) in [4.78, 5) is 12.0. The second-order valence-electron chi connectivity index (χ2n) is 3.85.